The molecule has 6 rings (SSSR count). The molecular formula is C45H70N2O6. The normalized spacial score (nSPS) is 42.3. The lowest BCUT2D eigenvalue weighted by Gasteiger charge is -2.66. The lowest BCUT2D eigenvalue weighted by atomic mass is 9.66. The van der Waals surface area contributed by atoms with Gasteiger partial charge in [-0.3, -0.25) is 9.68 Å². The average molecular weight is 735 g/mol. The zero-order valence-electron chi connectivity index (χ0n) is 35.0. The highest BCUT2D eigenvalue weighted by molar-refractivity contribution is 5.19. The van der Waals surface area contributed by atoms with E-state index in [4.69, 9.17) is 28.6 Å². The van der Waals surface area contributed by atoms with Gasteiger partial charge in [-0.05, 0) is 78.4 Å². The number of hydrogen-bond donors (Lipinski definition) is 0. The maximum absolute atomic E-state index is 7.08. The molecule has 8 unspecified atom stereocenters. The third-order valence-electron chi connectivity index (χ3n) is 14.9. The number of hydroxylamine groups is 4. The monoisotopic (exact) mass is 735 g/mol. The van der Waals surface area contributed by atoms with E-state index in [2.05, 4.69) is 154 Å². The highest BCUT2D eigenvalue weighted by Gasteiger charge is 2.67. The number of benzene rings is 2. The quantitative estimate of drug-likeness (QED) is 0.239. The fraction of sp³-hybridized carbons (Fsp3) is 0.733. The molecule has 3 spiro atoms. The van der Waals surface area contributed by atoms with Crippen molar-refractivity contribution in [1.82, 2.24) is 10.1 Å². The Labute approximate surface area is 321 Å². The van der Waals surface area contributed by atoms with E-state index >= 15 is 0 Å². The zero-order valence-corrected chi connectivity index (χ0v) is 35.0. The van der Waals surface area contributed by atoms with E-state index in [1.807, 2.05) is 0 Å². The van der Waals surface area contributed by atoms with E-state index in [1.54, 1.807) is 0 Å². The van der Waals surface area contributed by atoms with Crippen LogP contribution in [0.1, 0.15) is 145 Å². The molecule has 2 aromatic carbocycles. The van der Waals surface area contributed by atoms with Gasteiger partial charge in [0.2, 0.25) is 0 Å². The summed E-state index contributed by atoms with van der Waals surface area (Å²) in [6.45, 7) is 29.3. The van der Waals surface area contributed by atoms with E-state index < -0.39 is 11.6 Å². The van der Waals surface area contributed by atoms with Gasteiger partial charge < -0.3 is 18.9 Å². The molecule has 0 saturated carbocycles. The van der Waals surface area contributed by atoms with Crippen LogP contribution in [0.5, 0.6) is 0 Å². The molecule has 4 aliphatic rings. The van der Waals surface area contributed by atoms with Crippen LogP contribution in [0.15, 0.2) is 60.7 Å². The Morgan fingerprint density at radius 2 is 0.887 bits per heavy atom. The zero-order chi connectivity index (χ0) is 38.5. The van der Waals surface area contributed by atoms with Crippen LogP contribution < -0.4 is 0 Å². The largest absolute Gasteiger partial charge is 0.349 e. The molecule has 0 radical (unpaired) electrons. The first kappa shape index (κ1) is 40.8. The van der Waals surface area contributed by atoms with Crippen molar-refractivity contribution in [2.45, 2.75) is 168 Å². The predicted octanol–water partition coefficient (Wildman–Crippen LogP) is 10.2. The molecule has 0 bridgehead atoms. The Bertz CT molecular complexity index is 1390. The van der Waals surface area contributed by atoms with Crippen LogP contribution in [0.2, 0.25) is 0 Å². The summed E-state index contributed by atoms with van der Waals surface area (Å²) in [6, 6.07) is 21.0. The van der Waals surface area contributed by atoms with Gasteiger partial charge in [0.25, 0.3) is 0 Å². The highest BCUT2D eigenvalue weighted by Crippen LogP contribution is 2.58. The van der Waals surface area contributed by atoms with Crippen molar-refractivity contribution < 1.29 is 28.6 Å². The molecule has 8 nitrogen and oxygen atoms in total. The Balaban J connectivity index is 1.18. The Morgan fingerprint density at radius 1 is 0.566 bits per heavy atom. The van der Waals surface area contributed by atoms with E-state index in [0.717, 1.165) is 25.7 Å². The molecule has 8 atom stereocenters. The summed E-state index contributed by atoms with van der Waals surface area (Å²) >= 11 is 0. The minimum absolute atomic E-state index is 0.0508. The van der Waals surface area contributed by atoms with Crippen LogP contribution in [0.4, 0.5) is 0 Å². The molecule has 2 aromatic rings. The second-order valence-corrected chi connectivity index (χ2v) is 18.1. The molecular weight excluding hydrogens is 665 g/mol. The molecule has 0 amide bonds. The smallest absolute Gasteiger partial charge is 0.174 e. The van der Waals surface area contributed by atoms with Crippen LogP contribution in [0.3, 0.4) is 0 Å². The number of nitrogens with zero attached hydrogens (tertiary/aromatic N) is 2. The molecule has 0 N–H and O–H groups in total. The van der Waals surface area contributed by atoms with Crippen molar-refractivity contribution >= 4 is 0 Å². The third-order valence-corrected chi connectivity index (χ3v) is 14.9. The number of ether oxygens (including phenoxy) is 4. The van der Waals surface area contributed by atoms with E-state index in [9.17, 15) is 0 Å². The van der Waals surface area contributed by atoms with Crippen molar-refractivity contribution in [2.24, 2.45) is 17.3 Å². The van der Waals surface area contributed by atoms with Gasteiger partial charge in [-0.1, -0.05) is 102 Å². The SMILES string of the molecule is CCC1(C)CC2(OCC3(CO2)COC2(CC(C)(CC)N(OC(C)c4ccccc4)C(C)(CC)C2C)OC3)C(C)C(C)(CC)N1OC(C)c1ccccc1. The van der Waals surface area contributed by atoms with Crippen LogP contribution >= 0.6 is 0 Å². The molecule has 8 heteroatoms. The first-order valence-corrected chi connectivity index (χ1v) is 20.6. The molecule has 4 saturated heterocycles. The summed E-state index contributed by atoms with van der Waals surface area (Å²) < 4.78 is 28.3. The van der Waals surface area contributed by atoms with Gasteiger partial charge in [-0.25, -0.2) is 0 Å². The van der Waals surface area contributed by atoms with Crippen LogP contribution in [0.25, 0.3) is 0 Å². The van der Waals surface area contributed by atoms with Gasteiger partial charge >= 0.3 is 0 Å². The Kier molecular flexibility index (Phi) is 11.5. The molecule has 0 aromatic heterocycles. The first-order valence-electron chi connectivity index (χ1n) is 20.6. The first-order chi connectivity index (χ1) is 25.0. The van der Waals surface area contributed by atoms with E-state index in [-0.39, 0.29) is 51.6 Å². The van der Waals surface area contributed by atoms with Crippen LogP contribution in [0, 0.1) is 17.3 Å². The lowest BCUT2D eigenvalue weighted by molar-refractivity contribution is -0.447. The van der Waals surface area contributed by atoms with Gasteiger partial charge in [0.15, 0.2) is 11.6 Å². The van der Waals surface area contributed by atoms with Gasteiger partial charge in [-0.15, -0.1) is 0 Å². The number of hydrogen-bond acceptors (Lipinski definition) is 8. The Hall–Kier alpha value is -1.88. The molecule has 4 fully saturated rings. The maximum atomic E-state index is 7.08. The third kappa shape index (κ3) is 6.85. The van der Waals surface area contributed by atoms with Gasteiger partial charge in [0.05, 0.1) is 42.9 Å². The second kappa shape index (κ2) is 14.9. The second-order valence-electron chi connectivity index (χ2n) is 18.1. The molecule has 53 heavy (non-hydrogen) atoms. The summed E-state index contributed by atoms with van der Waals surface area (Å²) in [4.78, 5) is 13.9. The predicted molar refractivity (Wildman–Crippen MR) is 210 cm³/mol. The fourth-order valence-corrected chi connectivity index (χ4v) is 10.0. The van der Waals surface area contributed by atoms with E-state index in [1.165, 1.54) is 11.1 Å². The molecule has 4 aliphatic heterocycles. The van der Waals surface area contributed by atoms with E-state index in [0.29, 0.717) is 39.3 Å². The van der Waals surface area contributed by atoms with Crippen molar-refractivity contribution in [3.8, 4) is 0 Å². The van der Waals surface area contributed by atoms with Crippen molar-refractivity contribution in [3.63, 3.8) is 0 Å². The van der Waals surface area contributed by atoms with Crippen molar-refractivity contribution in [3.05, 3.63) is 71.8 Å². The minimum Gasteiger partial charge on any atom is -0.349 e. The summed E-state index contributed by atoms with van der Waals surface area (Å²) in [6.07, 6.45) is 4.88. The van der Waals surface area contributed by atoms with Crippen molar-refractivity contribution in [1.29, 1.82) is 0 Å². The molecule has 296 valence electrons. The summed E-state index contributed by atoms with van der Waals surface area (Å²) in [5.41, 5.74) is 0.731. The number of piperidine rings is 2. The standard InChI is InChI=1S/C45H70N2O6/c1-13-39(9)27-44(35(7)41(11,15-3)46(39)52-33(5)37-23-19-17-20-24-37)48-29-43(30-49-44)31-50-45(51-32-43)28-40(10,14-2)47(42(12,16-4)36(45)8)53-34(6)38-25-21-18-22-26-38/h17-26,33-36H,13-16,27-32H2,1-12H3. The average Bonchev–Trinajstić information content (AvgIpc) is 3.19. The highest BCUT2D eigenvalue weighted by atomic mass is 16.7. The topological polar surface area (TPSA) is 61.9 Å². The molecule has 4 heterocycles. The van der Waals surface area contributed by atoms with Crippen LogP contribution in [-0.4, -0.2) is 70.3 Å². The fourth-order valence-electron chi connectivity index (χ4n) is 10.0. The van der Waals surface area contributed by atoms with Gasteiger partial charge in [0, 0.05) is 35.8 Å². The summed E-state index contributed by atoms with van der Waals surface area (Å²) in [5.74, 6) is -1.37. The summed E-state index contributed by atoms with van der Waals surface area (Å²) in [7, 11) is 0. The number of rotatable bonds is 10. The summed E-state index contributed by atoms with van der Waals surface area (Å²) in [5, 5.41) is 4.63. The minimum atomic E-state index is -0.737. The van der Waals surface area contributed by atoms with Crippen LogP contribution in [-0.2, 0) is 28.6 Å². The van der Waals surface area contributed by atoms with Gasteiger partial charge in [-0.2, -0.15) is 10.1 Å². The molecule has 0 aliphatic carbocycles. The maximum Gasteiger partial charge on any atom is 0.174 e. The Morgan fingerprint density at radius 3 is 1.17 bits per heavy atom. The van der Waals surface area contributed by atoms with Crippen molar-refractivity contribution in [2.75, 3.05) is 26.4 Å². The van der Waals surface area contributed by atoms with Gasteiger partial charge in [0.1, 0.15) is 12.2 Å². The lowest BCUT2D eigenvalue weighted by Crippen LogP contribution is -2.76.